The Balaban J connectivity index is 1.25. The molecule has 1 amide bonds. The monoisotopic (exact) mass is 515 g/mol. The lowest BCUT2D eigenvalue weighted by molar-refractivity contribution is -0.142. The van der Waals surface area contributed by atoms with Crippen LogP contribution in [0.3, 0.4) is 0 Å². The van der Waals surface area contributed by atoms with Crippen LogP contribution >= 0.6 is 0 Å². The minimum Gasteiger partial charge on any atom is -0.382 e. The van der Waals surface area contributed by atoms with Crippen LogP contribution in [0.1, 0.15) is 62.1 Å². The molecule has 0 radical (unpaired) electrons. The summed E-state index contributed by atoms with van der Waals surface area (Å²) in [5.41, 5.74) is 2.32. The summed E-state index contributed by atoms with van der Waals surface area (Å²) >= 11 is 0. The van der Waals surface area contributed by atoms with Crippen LogP contribution in [0.4, 0.5) is 24.5 Å². The maximum Gasteiger partial charge on any atom is 0.416 e. The Morgan fingerprint density at radius 1 is 1.03 bits per heavy atom. The van der Waals surface area contributed by atoms with Crippen LogP contribution in [-0.4, -0.2) is 43.5 Å². The summed E-state index contributed by atoms with van der Waals surface area (Å²) in [6.45, 7) is 8.19. The topological polar surface area (TPSA) is 35.6 Å². The molecule has 4 nitrogen and oxygen atoms in total. The number of piperidine rings is 1. The largest absolute Gasteiger partial charge is 0.416 e. The van der Waals surface area contributed by atoms with Crippen molar-refractivity contribution in [2.24, 2.45) is 11.3 Å². The molecule has 2 aromatic carbocycles. The molecule has 1 aliphatic heterocycles. The maximum atomic E-state index is 13.4. The minimum atomic E-state index is -4.34. The summed E-state index contributed by atoms with van der Waals surface area (Å²) < 4.78 is 39.8. The Morgan fingerprint density at radius 3 is 2.24 bits per heavy atom. The molecule has 202 valence electrons. The van der Waals surface area contributed by atoms with Gasteiger partial charge in [0.15, 0.2) is 0 Å². The van der Waals surface area contributed by atoms with E-state index in [1.807, 2.05) is 11.9 Å². The lowest BCUT2D eigenvalue weighted by Crippen LogP contribution is -2.49. The summed E-state index contributed by atoms with van der Waals surface area (Å²) in [6.07, 6.45) is 1.06. The zero-order valence-electron chi connectivity index (χ0n) is 22.5. The third-order valence-corrected chi connectivity index (χ3v) is 8.42. The third-order valence-electron chi connectivity index (χ3n) is 8.42. The van der Waals surface area contributed by atoms with Gasteiger partial charge in [0.25, 0.3) is 0 Å². The van der Waals surface area contributed by atoms with Crippen molar-refractivity contribution in [3.63, 3.8) is 0 Å². The quantitative estimate of drug-likeness (QED) is 0.447. The highest BCUT2D eigenvalue weighted by Gasteiger charge is 2.39. The zero-order valence-corrected chi connectivity index (χ0v) is 22.5. The molecule has 37 heavy (non-hydrogen) atoms. The van der Waals surface area contributed by atoms with Crippen molar-refractivity contribution in [3.05, 3.63) is 59.2 Å². The van der Waals surface area contributed by atoms with E-state index in [0.717, 1.165) is 58.2 Å². The number of hydrogen-bond acceptors (Lipinski definition) is 3. The van der Waals surface area contributed by atoms with Crippen molar-refractivity contribution < 1.29 is 18.0 Å². The number of rotatable bonds is 6. The average Bonchev–Trinajstić information content (AvgIpc) is 2.86. The first-order valence-electron chi connectivity index (χ1n) is 13.5. The Hall–Kier alpha value is -2.70. The number of halogens is 3. The highest BCUT2D eigenvalue weighted by Crippen LogP contribution is 2.37. The van der Waals surface area contributed by atoms with Gasteiger partial charge in [-0.25, -0.2) is 0 Å². The standard InChI is InChI=1S/C30H40F3N3O/c1-21-5-13-26(14-6-21)36-17-15-29(3,16-18-36)28(37)35(4)20-23-8-11-24(12-9-23)34-25-10-7-22(2)27(19-25)30(31,32)33/h5-7,10,13-14,19,23-24,34H,8-9,11-12,15-18,20H2,1-4H3. The van der Waals surface area contributed by atoms with Gasteiger partial charge in [0.05, 0.1) is 5.56 Å². The number of alkyl halides is 3. The first-order chi connectivity index (χ1) is 17.4. The fourth-order valence-electron chi connectivity index (χ4n) is 5.90. The number of carbonyl (C=O) groups is 1. The van der Waals surface area contributed by atoms with E-state index in [1.54, 1.807) is 6.07 Å². The summed E-state index contributed by atoms with van der Waals surface area (Å²) in [5, 5.41) is 3.31. The van der Waals surface area contributed by atoms with Gasteiger partial charge >= 0.3 is 6.18 Å². The molecule has 0 unspecified atom stereocenters. The number of aryl methyl sites for hydroxylation is 2. The van der Waals surface area contributed by atoms with Gasteiger partial charge in [0, 0.05) is 49.5 Å². The smallest absolute Gasteiger partial charge is 0.382 e. The van der Waals surface area contributed by atoms with Crippen LogP contribution in [-0.2, 0) is 11.0 Å². The Bertz CT molecular complexity index is 1070. The van der Waals surface area contributed by atoms with Crippen molar-refractivity contribution in [1.29, 1.82) is 0 Å². The number of amides is 1. The highest BCUT2D eigenvalue weighted by molar-refractivity contribution is 5.82. The van der Waals surface area contributed by atoms with Crippen LogP contribution in [0, 0.1) is 25.2 Å². The Morgan fingerprint density at radius 2 is 1.65 bits per heavy atom. The first-order valence-corrected chi connectivity index (χ1v) is 13.5. The van der Waals surface area contributed by atoms with E-state index in [4.69, 9.17) is 0 Å². The molecular formula is C30H40F3N3O. The second-order valence-electron chi connectivity index (χ2n) is 11.5. The van der Waals surface area contributed by atoms with Crippen LogP contribution in [0.25, 0.3) is 0 Å². The van der Waals surface area contributed by atoms with Crippen molar-refractivity contribution in [3.8, 4) is 0 Å². The predicted octanol–water partition coefficient (Wildman–Crippen LogP) is 7.06. The molecule has 0 bridgehead atoms. The van der Waals surface area contributed by atoms with E-state index >= 15 is 0 Å². The van der Waals surface area contributed by atoms with Crippen LogP contribution in [0.15, 0.2) is 42.5 Å². The Labute approximate surface area is 219 Å². The van der Waals surface area contributed by atoms with Gasteiger partial charge in [-0.2, -0.15) is 13.2 Å². The van der Waals surface area contributed by atoms with Crippen LogP contribution in [0.2, 0.25) is 0 Å². The molecule has 0 spiro atoms. The van der Waals surface area contributed by atoms with E-state index in [0.29, 0.717) is 11.6 Å². The van der Waals surface area contributed by atoms with Crippen molar-refractivity contribution in [2.75, 3.05) is 36.9 Å². The Kier molecular flexibility index (Phi) is 8.10. The number of carbonyl (C=O) groups excluding carboxylic acids is 1. The molecule has 1 saturated carbocycles. The van der Waals surface area contributed by atoms with Gasteiger partial charge < -0.3 is 15.1 Å². The van der Waals surface area contributed by atoms with E-state index in [2.05, 4.69) is 48.3 Å². The molecular weight excluding hydrogens is 475 g/mol. The van der Waals surface area contributed by atoms with Crippen molar-refractivity contribution in [2.45, 2.75) is 71.5 Å². The fraction of sp³-hybridized carbons (Fsp3) is 0.567. The molecule has 0 atom stereocenters. The number of nitrogens with zero attached hydrogens (tertiary/aromatic N) is 2. The second kappa shape index (κ2) is 11.0. The van der Waals surface area contributed by atoms with E-state index in [9.17, 15) is 18.0 Å². The molecule has 1 heterocycles. The number of anilines is 2. The molecule has 2 fully saturated rings. The molecule has 1 saturated heterocycles. The fourth-order valence-corrected chi connectivity index (χ4v) is 5.90. The van der Waals surface area contributed by atoms with E-state index in [-0.39, 0.29) is 22.9 Å². The highest BCUT2D eigenvalue weighted by atomic mass is 19.4. The minimum absolute atomic E-state index is 0.157. The lowest BCUT2D eigenvalue weighted by atomic mass is 9.78. The predicted molar refractivity (Wildman–Crippen MR) is 144 cm³/mol. The first kappa shape index (κ1) is 27.3. The summed E-state index contributed by atoms with van der Waals surface area (Å²) in [5.74, 6) is 0.655. The van der Waals surface area contributed by atoms with Gasteiger partial charge in [-0.15, -0.1) is 0 Å². The van der Waals surface area contributed by atoms with Crippen LogP contribution in [0.5, 0.6) is 0 Å². The molecule has 0 aromatic heterocycles. The van der Waals surface area contributed by atoms with E-state index < -0.39 is 11.7 Å². The number of hydrogen-bond donors (Lipinski definition) is 1. The van der Waals surface area contributed by atoms with Gasteiger partial charge in [-0.3, -0.25) is 4.79 Å². The van der Waals surface area contributed by atoms with Gasteiger partial charge in [-0.05, 0) is 88.1 Å². The molecule has 1 aliphatic carbocycles. The maximum absolute atomic E-state index is 13.4. The van der Waals surface area contributed by atoms with Crippen molar-refractivity contribution >= 4 is 17.3 Å². The number of nitrogens with one attached hydrogen (secondary N) is 1. The molecule has 7 heteroatoms. The molecule has 4 rings (SSSR count). The summed E-state index contributed by atoms with van der Waals surface area (Å²) in [4.78, 5) is 17.7. The summed E-state index contributed by atoms with van der Waals surface area (Å²) in [7, 11) is 1.93. The second-order valence-corrected chi connectivity index (χ2v) is 11.5. The van der Waals surface area contributed by atoms with E-state index in [1.165, 1.54) is 30.3 Å². The third kappa shape index (κ3) is 6.60. The van der Waals surface area contributed by atoms with Gasteiger partial charge in [0.2, 0.25) is 5.91 Å². The summed E-state index contributed by atoms with van der Waals surface area (Å²) in [6, 6.07) is 13.2. The molecule has 2 aromatic rings. The average molecular weight is 516 g/mol. The zero-order chi connectivity index (χ0) is 26.8. The SMILES string of the molecule is Cc1ccc(N2CCC(C)(C(=O)N(C)CC3CCC(Nc4ccc(C)c(C(F)(F)F)c4)CC3)CC2)cc1. The van der Waals surface area contributed by atoms with Gasteiger partial charge in [0.1, 0.15) is 0 Å². The van der Waals surface area contributed by atoms with Crippen LogP contribution < -0.4 is 10.2 Å². The molecule has 1 N–H and O–H groups in total. The lowest BCUT2D eigenvalue weighted by Gasteiger charge is -2.42. The normalized spacial score (nSPS) is 22.0. The van der Waals surface area contributed by atoms with Gasteiger partial charge in [-0.1, -0.05) is 30.7 Å². The number of benzene rings is 2. The van der Waals surface area contributed by atoms with Crippen molar-refractivity contribution in [1.82, 2.24) is 4.90 Å². The molecule has 2 aliphatic rings.